The zero-order valence-electron chi connectivity index (χ0n) is 15.7. The Labute approximate surface area is 158 Å². The minimum Gasteiger partial charge on any atom is -0.371 e. The van der Waals surface area contributed by atoms with Crippen LogP contribution in [0.5, 0.6) is 0 Å². The molecule has 0 radical (unpaired) electrons. The van der Waals surface area contributed by atoms with Gasteiger partial charge in [-0.3, -0.25) is 4.79 Å². The van der Waals surface area contributed by atoms with Gasteiger partial charge in [-0.05, 0) is 42.3 Å². The number of nitrogens with one attached hydrogen (secondary N) is 2. The van der Waals surface area contributed by atoms with Gasteiger partial charge in [-0.25, -0.2) is 4.98 Å². The quantitative estimate of drug-likeness (QED) is 0.730. The van der Waals surface area contributed by atoms with Gasteiger partial charge in [0.05, 0.1) is 23.7 Å². The van der Waals surface area contributed by atoms with E-state index in [0.717, 1.165) is 30.1 Å². The van der Waals surface area contributed by atoms with E-state index < -0.39 is 0 Å². The van der Waals surface area contributed by atoms with Crippen LogP contribution >= 0.6 is 0 Å². The van der Waals surface area contributed by atoms with Gasteiger partial charge in [0.2, 0.25) is 5.91 Å². The fourth-order valence-corrected chi connectivity index (χ4v) is 3.57. The molecule has 2 N–H and O–H groups in total. The fraction of sp³-hybridized carbons (Fsp3) is 0.333. The molecule has 0 spiro atoms. The lowest BCUT2D eigenvalue weighted by Crippen LogP contribution is -2.32. The topological polar surface area (TPSA) is 68.2 Å². The van der Waals surface area contributed by atoms with Crippen molar-refractivity contribution in [3.8, 4) is 0 Å². The molecule has 0 fully saturated rings. The molecule has 0 bridgehead atoms. The zero-order chi connectivity index (χ0) is 18.8. The zero-order valence-corrected chi connectivity index (χ0v) is 15.7. The van der Waals surface area contributed by atoms with Crippen LogP contribution in [0.1, 0.15) is 29.9 Å². The van der Waals surface area contributed by atoms with Gasteiger partial charge in [0.1, 0.15) is 12.4 Å². The molecule has 27 heavy (non-hydrogen) atoms. The standard InChI is InChI=1S/C21H24N4O2/c1-14-3-8-20-19(9-14)24-21-13-27-12-18(25(20)21)11-22-10-16-4-6-17(7-5-16)23-15(2)26/h3-9,18,22H,10-13H2,1-2H3,(H,23,26). The number of aryl methyl sites for hydroxylation is 1. The number of hydrogen-bond acceptors (Lipinski definition) is 4. The van der Waals surface area contributed by atoms with Crippen LogP contribution in [-0.2, 0) is 22.7 Å². The molecule has 1 amide bonds. The summed E-state index contributed by atoms with van der Waals surface area (Å²) in [4.78, 5) is 15.8. The Hall–Kier alpha value is -2.70. The SMILES string of the molecule is CC(=O)Nc1ccc(CNCC2COCc3nc4cc(C)ccc4n32)cc1. The molecule has 2 heterocycles. The van der Waals surface area contributed by atoms with Gasteiger partial charge in [-0.1, -0.05) is 18.2 Å². The summed E-state index contributed by atoms with van der Waals surface area (Å²) in [6.07, 6.45) is 0. The lowest BCUT2D eigenvalue weighted by atomic mass is 10.2. The second-order valence-corrected chi connectivity index (χ2v) is 7.07. The highest BCUT2D eigenvalue weighted by Gasteiger charge is 2.23. The molecule has 3 aromatic rings. The maximum Gasteiger partial charge on any atom is 0.221 e. The van der Waals surface area contributed by atoms with Crippen molar-refractivity contribution >= 4 is 22.6 Å². The number of benzene rings is 2. The lowest BCUT2D eigenvalue weighted by Gasteiger charge is -2.26. The van der Waals surface area contributed by atoms with E-state index >= 15 is 0 Å². The number of imidazole rings is 1. The molecule has 0 saturated carbocycles. The number of hydrogen-bond donors (Lipinski definition) is 2. The smallest absolute Gasteiger partial charge is 0.221 e. The predicted octanol–water partition coefficient (Wildman–Crippen LogP) is 3.16. The molecule has 0 aliphatic carbocycles. The van der Waals surface area contributed by atoms with Gasteiger partial charge in [0, 0.05) is 25.7 Å². The van der Waals surface area contributed by atoms with Crippen LogP contribution in [-0.4, -0.2) is 28.6 Å². The van der Waals surface area contributed by atoms with Crippen LogP contribution < -0.4 is 10.6 Å². The van der Waals surface area contributed by atoms with E-state index in [2.05, 4.69) is 40.3 Å². The third-order valence-electron chi connectivity index (χ3n) is 4.81. The van der Waals surface area contributed by atoms with Crippen LogP contribution in [0.3, 0.4) is 0 Å². The highest BCUT2D eigenvalue weighted by molar-refractivity contribution is 5.88. The van der Waals surface area contributed by atoms with E-state index in [9.17, 15) is 4.79 Å². The molecule has 1 aliphatic heterocycles. The summed E-state index contributed by atoms with van der Waals surface area (Å²) in [6.45, 7) is 6.41. The number of anilines is 1. The normalized spacial score (nSPS) is 16.3. The maximum atomic E-state index is 11.1. The third kappa shape index (κ3) is 3.86. The molecular formula is C21H24N4O2. The van der Waals surface area contributed by atoms with Crippen LogP contribution in [0, 0.1) is 6.92 Å². The van der Waals surface area contributed by atoms with Crippen molar-refractivity contribution in [1.82, 2.24) is 14.9 Å². The van der Waals surface area contributed by atoms with Crippen LogP contribution in [0.25, 0.3) is 11.0 Å². The first-order valence-corrected chi connectivity index (χ1v) is 9.22. The number of carbonyl (C=O) groups is 1. The largest absolute Gasteiger partial charge is 0.371 e. The van der Waals surface area contributed by atoms with E-state index in [1.54, 1.807) is 0 Å². The molecule has 1 unspecified atom stereocenters. The van der Waals surface area contributed by atoms with Gasteiger partial charge in [0.25, 0.3) is 0 Å². The molecule has 6 heteroatoms. The maximum absolute atomic E-state index is 11.1. The van der Waals surface area contributed by atoms with Gasteiger partial charge in [-0.15, -0.1) is 0 Å². The van der Waals surface area contributed by atoms with Crippen molar-refractivity contribution in [3.63, 3.8) is 0 Å². The molecule has 4 rings (SSSR count). The summed E-state index contributed by atoms with van der Waals surface area (Å²) < 4.78 is 8.07. The summed E-state index contributed by atoms with van der Waals surface area (Å²) in [6, 6.07) is 14.5. The van der Waals surface area contributed by atoms with Gasteiger partial charge in [-0.2, -0.15) is 0 Å². The van der Waals surface area contributed by atoms with E-state index in [1.807, 2.05) is 24.3 Å². The molecule has 1 aromatic heterocycles. The number of ether oxygens (including phenoxy) is 1. The van der Waals surface area contributed by atoms with Gasteiger partial charge < -0.3 is 19.9 Å². The van der Waals surface area contributed by atoms with Gasteiger partial charge in [0.15, 0.2) is 0 Å². The number of amides is 1. The van der Waals surface area contributed by atoms with E-state index in [-0.39, 0.29) is 11.9 Å². The molecule has 6 nitrogen and oxygen atoms in total. The summed E-state index contributed by atoms with van der Waals surface area (Å²) in [5.41, 5.74) is 5.42. The molecule has 2 aromatic carbocycles. The Kier molecular flexibility index (Phi) is 4.92. The van der Waals surface area contributed by atoms with E-state index in [4.69, 9.17) is 9.72 Å². The van der Waals surface area contributed by atoms with Gasteiger partial charge >= 0.3 is 0 Å². The summed E-state index contributed by atoms with van der Waals surface area (Å²) >= 11 is 0. The van der Waals surface area contributed by atoms with E-state index in [1.165, 1.54) is 23.6 Å². The summed E-state index contributed by atoms with van der Waals surface area (Å²) in [7, 11) is 0. The van der Waals surface area contributed by atoms with Crippen molar-refractivity contribution < 1.29 is 9.53 Å². The Morgan fingerprint density at radius 3 is 2.85 bits per heavy atom. The molecule has 1 aliphatic rings. The Morgan fingerprint density at radius 1 is 1.26 bits per heavy atom. The Morgan fingerprint density at radius 2 is 2.07 bits per heavy atom. The molecule has 1 atom stereocenters. The Bertz CT molecular complexity index is 962. The number of aromatic nitrogens is 2. The fourth-order valence-electron chi connectivity index (χ4n) is 3.57. The summed E-state index contributed by atoms with van der Waals surface area (Å²) in [5.74, 6) is 0.935. The average molecular weight is 364 g/mol. The predicted molar refractivity (Wildman–Crippen MR) is 106 cm³/mol. The van der Waals surface area contributed by atoms with Crippen LogP contribution in [0.15, 0.2) is 42.5 Å². The lowest BCUT2D eigenvalue weighted by molar-refractivity contribution is -0.114. The minimum atomic E-state index is -0.0586. The number of fused-ring (bicyclic) bond motifs is 3. The average Bonchev–Trinajstić information content (AvgIpc) is 3.01. The van der Waals surface area contributed by atoms with Crippen molar-refractivity contribution in [2.75, 3.05) is 18.5 Å². The monoisotopic (exact) mass is 364 g/mol. The third-order valence-corrected chi connectivity index (χ3v) is 4.81. The molecule has 140 valence electrons. The summed E-state index contributed by atoms with van der Waals surface area (Å²) in [5, 5.41) is 6.31. The van der Waals surface area contributed by atoms with Crippen molar-refractivity contribution in [3.05, 3.63) is 59.4 Å². The second-order valence-electron chi connectivity index (χ2n) is 7.07. The molecular weight excluding hydrogens is 340 g/mol. The van der Waals surface area contributed by atoms with Crippen molar-refractivity contribution in [2.24, 2.45) is 0 Å². The Balaban J connectivity index is 1.43. The first-order chi connectivity index (χ1) is 13.1. The highest BCUT2D eigenvalue weighted by Crippen LogP contribution is 2.26. The first-order valence-electron chi connectivity index (χ1n) is 9.22. The van der Waals surface area contributed by atoms with Crippen molar-refractivity contribution in [2.45, 2.75) is 33.0 Å². The van der Waals surface area contributed by atoms with Crippen LogP contribution in [0.2, 0.25) is 0 Å². The minimum absolute atomic E-state index is 0.0586. The molecule has 0 saturated heterocycles. The highest BCUT2D eigenvalue weighted by atomic mass is 16.5. The number of nitrogens with zero attached hydrogens (tertiary/aromatic N) is 2. The number of rotatable bonds is 5. The van der Waals surface area contributed by atoms with Crippen LogP contribution in [0.4, 0.5) is 5.69 Å². The first kappa shape index (κ1) is 17.7. The van der Waals surface area contributed by atoms with Crippen molar-refractivity contribution in [1.29, 1.82) is 0 Å². The van der Waals surface area contributed by atoms with E-state index in [0.29, 0.717) is 13.2 Å². The number of carbonyl (C=O) groups excluding carboxylic acids is 1. The second kappa shape index (κ2) is 7.50.